The summed E-state index contributed by atoms with van der Waals surface area (Å²) in [4.78, 5) is 0. The number of hydrogen-bond acceptors (Lipinski definition) is 4. The van der Waals surface area contributed by atoms with Crippen LogP contribution in [0.15, 0.2) is 30.8 Å². The van der Waals surface area contributed by atoms with Crippen LogP contribution >= 0.6 is 0 Å². The highest BCUT2D eigenvalue weighted by atomic mass is 28.5. The van der Waals surface area contributed by atoms with E-state index in [0.717, 1.165) is 17.7 Å². The first-order valence-electron chi connectivity index (χ1n) is 11.3. The second-order valence-electron chi connectivity index (χ2n) is 11.8. The lowest BCUT2D eigenvalue weighted by atomic mass is 10.2. The van der Waals surface area contributed by atoms with Crippen LogP contribution in [0, 0.1) is 0 Å². The summed E-state index contributed by atoms with van der Waals surface area (Å²) in [7, 11) is -10.9. The molecule has 0 aliphatic rings. The summed E-state index contributed by atoms with van der Waals surface area (Å²) in [5.41, 5.74) is 1.15. The van der Waals surface area contributed by atoms with Crippen LogP contribution in [-0.2, 0) is 16.5 Å². The number of rotatable bonds is 13. The van der Waals surface area contributed by atoms with Crippen LogP contribution in [0.25, 0.3) is 6.08 Å². The minimum Gasteiger partial charge on any atom is -0.457 e. The van der Waals surface area contributed by atoms with Crippen LogP contribution < -0.4 is 5.19 Å². The van der Waals surface area contributed by atoms with Gasteiger partial charge in [0.05, 0.1) is 0 Å². The van der Waals surface area contributed by atoms with Gasteiger partial charge in [-0.05, 0) is 88.8 Å². The fraction of sp³-hybridized carbons (Fsp3) is 0.619. The third-order valence-corrected chi connectivity index (χ3v) is 22.7. The Labute approximate surface area is 199 Å². The highest BCUT2D eigenvalue weighted by Gasteiger charge is 2.50. The van der Waals surface area contributed by atoms with Crippen molar-refractivity contribution in [2.24, 2.45) is 0 Å². The molecule has 178 valence electrons. The highest BCUT2D eigenvalue weighted by molar-refractivity contribution is 6.90. The van der Waals surface area contributed by atoms with Crippen LogP contribution in [0.1, 0.15) is 5.56 Å². The van der Waals surface area contributed by atoms with E-state index in [1.807, 2.05) is 6.08 Å². The summed E-state index contributed by atoms with van der Waals surface area (Å²) < 4.78 is 27.1. The maximum absolute atomic E-state index is 6.83. The van der Waals surface area contributed by atoms with Gasteiger partial charge in [-0.15, -0.1) is 0 Å². The molecule has 10 heteroatoms. The molecular weight excluding hydrogens is 485 g/mol. The lowest BCUT2D eigenvalue weighted by Crippen LogP contribution is -2.61. The minimum atomic E-state index is -2.79. The van der Waals surface area contributed by atoms with Crippen molar-refractivity contribution in [2.75, 3.05) is 0 Å². The average molecular weight is 531 g/mol. The Hall–Kier alpha value is 0.101. The molecule has 0 spiro atoms. The summed E-state index contributed by atoms with van der Waals surface area (Å²) in [5, 5.41) is 1.34. The first-order chi connectivity index (χ1) is 13.8. The smallest absolute Gasteiger partial charge is 0.457 e. The molecular formula is C21H46O4Si6. The van der Waals surface area contributed by atoms with Crippen LogP contribution in [-0.4, -0.2) is 51.8 Å². The van der Waals surface area contributed by atoms with Crippen molar-refractivity contribution >= 4 is 63.1 Å². The molecule has 0 saturated heterocycles. The summed E-state index contributed by atoms with van der Waals surface area (Å²) >= 11 is 0. The molecule has 1 aromatic carbocycles. The lowest BCUT2D eigenvalue weighted by Gasteiger charge is -2.43. The molecule has 0 fully saturated rings. The normalized spacial score (nSPS) is 14.4. The van der Waals surface area contributed by atoms with Gasteiger partial charge in [-0.3, -0.25) is 0 Å². The van der Waals surface area contributed by atoms with Crippen LogP contribution in [0.3, 0.4) is 0 Å². The molecule has 0 amide bonds. The molecule has 0 aromatic heterocycles. The van der Waals surface area contributed by atoms with Gasteiger partial charge in [-0.25, -0.2) is 0 Å². The van der Waals surface area contributed by atoms with E-state index in [9.17, 15) is 0 Å². The largest absolute Gasteiger partial charge is 0.469 e. The quantitative estimate of drug-likeness (QED) is 0.304. The SMILES string of the molecule is C=Cc1ccc([SiH2]O[Si](C)(C)CC[Si](O[Si](C)(C)C)(O[Si](C)(C)C)O[Si](C)(C)C)cc1. The summed E-state index contributed by atoms with van der Waals surface area (Å²) in [6, 6.07) is 10.5. The zero-order valence-corrected chi connectivity index (χ0v) is 28.3. The van der Waals surface area contributed by atoms with Gasteiger partial charge >= 0.3 is 8.80 Å². The Kier molecular flexibility index (Phi) is 10.4. The third-order valence-electron chi connectivity index (χ3n) is 4.26. The molecule has 0 atom stereocenters. The lowest BCUT2D eigenvalue weighted by molar-refractivity contribution is 0.253. The van der Waals surface area contributed by atoms with Crippen molar-refractivity contribution in [1.82, 2.24) is 0 Å². The number of benzene rings is 1. The zero-order valence-electron chi connectivity index (χ0n) is 21.8. The summed E-state index contributed by atoms with van der Waals surface area (Å²) in [6.07, 6.45) is 1.88. The Bertz CT molecular complexity index is 662. The first kappa shape index (κ1) is 29.1. The molecule has 1 aromatic rings. The Morgan fingerprint density at radius 3 is 1.48 bits per heavy atom. The Balaban J connectivity index is 3.00. The Morgan fingerprint density at radius 2 is 1.13 bits per heavy atom. The number of hydrogen-bond donors (Lipinski definition) is 0. The molecule has 0 N–H and O–H groups in total. The van der Waals surface area contributed by atoms with Crippen molar-refractivity contribution in [3.05, 3.63) is 36.4 Å². The maximum atomic E-state index is 6.83. The minimum absolute atomic E-state index is 0.758. The predicted octanol–water partition coefficient (Wildman–Crippen LogP) is 5.75. The average Bonchev–Trinajstić information content (AvgIpc) is 2.54. The van der Waals surface area contributed by atoms with Gasteiger partial charge in [-0.1, -0.05) is 36.9 Å². The second kappa shape index (κ2) is 11.0. The topological polar surface area (TPSA) is 36.9 Å². The summed E-state index contributed by atoms with van der Waals surface area (Å²) in [6.45, 7) is 28.7. The fourth-order valence-corrected chi connectivity index (χ4v) is 24.1. The standard InChI is InChI=1S/C21H46O4Si6/c1-13-20-14-16-21(17-15-20)26-22-30(11,12)18-19-31(23-27(2,3)4,24-28(5,6)7)25-29(8,9)10/h13-17H,1,18-19,26H2,2-12H3. The van der Waals surface area contributed by atoms with E-state index in [2.05, 4.69) is 103 Å². The van der Waals surface area contributed by atoms with Crippen molar-refractivity contribution in [2.45, 2.75) is 84.1 Å². The van der Waals surface area contributed by atoms with Gasteiger partial charge < -0.3 is 16.5 Å². The second-order valence-corrected chi connectivity index (χ2v) is 35.1. The predicted molar refractivity (Wildman–Crippen MR) is 152 cm³/mol. The van der Waals surface area contributed by atoms with E-state index in [-0.39, 0.29) is 0 Å². The Morgan fingerprint density at radius 1 is 0.710 bits per heavy atom. The van der Waals surface area contributed by atoms with E-state index < -0.39 is 51.8 Å². The van der Waals surface area contributed by atoms with E-state index >= 15 is 0 Å². The molecule has 0 aliphatic carbocycles. The van der Waals surface area contributed by atoms with Crippen LogP contribution in [0.2, 0.25) is 84.1 Å². The van der Waals surface area contributed by atoms with Gasteiger partial charge in [-0.2, -0.15) is 0 Å². The third kappa shape index (κ3) is 12.8. The molecule has 0 bridgehead atoms. The molecule has 0 aliphatic heterocycles. The van der Waals surface area contributed by atoms with Gasteiger partial charge in [0, 0.05) is 6.04 Å². The molecule has 0 radical (unpaired) electrons. The molecule has 31 heavy (non-hydrogen) atoms. The monoisotopic (exact) mass is 530 g/mol. The molecule has 1 rings (SSSR count). The van der Waals surface area contributed by atoms with E-state index in [1.54, 1.807) is 0 Å². The van der Waals surface area contributed by atoms with Crippen molar-refractivity contribution in [3.63, 3.8) is 0 Å². The molecule has 0 heterocycles. The van der Waals surface area contributed by atoms with Crippen molar-refractivity contribution < 1.29 is 16.5 Å². The van der Waals surface area contributed by atoms with Crippen LogP contribution in [0.5, 0.6) is 0 Å². The van der Waals surface area contributed by atoms with E-state index in [0.29, 0.717) is 0 Å². The van der Waals surface area contributed by atoms with E-state index in [4.69, 9.17) is 16.5 Å². The highest BCUT2D eigenvalue weighted by Crippen LogP contribution is 2.32. The maximum Gasteiger partial charge on any atom is 0.469 e. The van der Waals surface area contributed by atoms with Gasteiger partial charge in [0.25, 0.3) is 0 Å². The van der Waals surface area contributed by atoms with Gasteiger partial charge in [0.15, 0.2) is 43.0 Å². The molecule has 0 unspecified atom stereocenters. The first-order valence-corrected chi connectivity index (χ1v) is 27.9. The van der Waals surface area contributed by atoms with E-state index in [1.165, 1.54) is 5.19 Å². The fourth-order valence-electron chi connectivity index (χ4n) is 3.17. The van der Waals surface area contributed by atoms with Crippen molar-refractivity contribution in [1.29, 1.82) is 0 Å². The molecule has 4 nitrogen and oxygen atoms in total. The van der Waals surface area contributed by atoms with Crippen LogP contribution in [0.4, 0.5) is 0 Å². The molecule has 0 saturated carbocycles. The summed E-state index contributed by atoms with van der Waals surface area (Å²) in [5.74, 6) is 0. The zero-order chi connectivity index (χ0) is 24.1. The van der Waals surface area contributed by atoms with Gasteiger partial charge in [0.2, 0.25) is 0 Å². The van der Waals surface area contributed by atoms with Crippen molar-refractivity contribution in [3.8, 4) is 0 Å². The van der Waals surface area contributed by atoms with Gasteiger partial charge in [0.1, 0.15) is 0 Å².